The van der Waals surface area contributed by atoms with Crippen molar-refractivity contribution in [2.24, 2.45) is 7.05 Å². The molecule has 0 saturated heterocycles. The molecule has 0 radical (unpaired) electrons. The molecule has 1 heterocycles. The number of carboxylic acid groups (broad SMARTS) is 1. The van der Waals surface area contributed by atoms with Crippen molar-refractivity contribution >= 4 is 18.0 Å². The normalized spacial score (nSPS) is 13.0. The quantitative estimate of drug-likeness (QED) is 0.491. The summed E-state index contributed by atoms with van der Waals surface area (Å²) in [6.45, 7) is 0.383. The molecule has 0 aliphatic heterocycles. The Morgan fingerprint density at radius 3 is 2.31 bits per heavy atom. The van der Waals surface area contributed by atoms with Gasteiger partial charge in [0.25, 0.3) is 0 Å². The maximum atomic E-state index is 13.0. The highest BCUT2D eigenvalue weighted by Gasteiger charge is 2.30. The topological polar surface area (TPSA) is 114 Å². The summed E-state index contributed by atoms with van der Waals surface area (Å²) in [5.74, 6) is -1.56. The van der Waals surface area contributed by atoms with Gasteiger partial charge >= 0.3 is 12.1 Å². The molecule has 182 valence electrons. The van der Waals surface area contributed by atoms with Crippen LogP contribution in [0.25, 0.3) is 11.1 Å². The van der Waals surface area contributed by atoms with Crippen LogP contribution in [0.1, 0.15) is 35.4 Å². The van der Waals surface area contributed by atoms with Gasteiger partial charge in [0.2, 0.25) is 5.91 Å². The second kappa shape index (κ2) is 10.4. The Labute approximate surface area is 203 Å². The number of aromatic nitrogens is 2. The Morgan fingerprint density at radius 2 is 1.74 bits per heavy atom. The molecule has 3 aromatic rings. The van der Waals surface area contributed by atoms with Crippen LogP contribution >= 0.6 is 0 Å². The summed E-state index contributed by atoms with van der Waals surface area (Å²) in [5, 5.41) is 15.8. The van der Waals surface area contributed by atoms with Crippen molar-refractivity contribution < 1.29 is 24.2 Å². The molecule has 1 aliphatic carbocycles. The van der Waals surface area contributed by atoms with Crippen molar-refractivity contribution in [3.8, 4) is 11.1 Å². The van der Waals surface area contributed by atoms with Crippen LogP contribution in [0.5, 0.6) is 0 Å². The lowest BCUT2D eigenvalue weighted by atomic mass is 9.98. The Morgan fingerprint density at radius 1 is 1.11 bits per heavy atom. The zero-order valence-corrected chi connectivity index (χ0v) is 19.7. The fourth-order valence-corrected chi connectivity index (χ4v) is 4.48. The first-order chi connectivity index (χ1) is 16.8. The highest BCUT2D eigenvalue weighted by atomic mass is 16.5. The van der Waals surface area contributed by atoms with Gasteiger partial charge < -0.3 is 20.1 Å². The summed E-state index contributed by atoms with van der Waals surface area (Å²) < 4.78 is 7.18. The molecule has 0 spiro atoms. The number of alkyl carbamates (subject to hydrolysis) is 1. The zero-order valence-electron chi connectivity index (χ0n) is 19.7. The fraction of sp³-hybridized carbons (Fsp3) is 0.308. The first-order valence-corrected chi connectivity index (χ1v) is 11.4. The molecule has 1 aromatic heterocycles. The number of hydrogen-bond donors (Lipinski definition) is 2. The van der Waals surface area contributed by atoms with Crippen LogP contribution in [0.3, 0.4) is 0 Å². The number of carbonyl (C=O) groups excluding carboxylic acids is 2. The maximum Gasteiger partial charge on any atom is 0.407 e. The zero-order chi connectivity index (χ0) is 24.9. The smallest absolute Gasteiger partial charge is 0.407 e. The van der Waals surface area contributed by atoms with Crippen LogP contribution in [0.4, 0.5) is 4.79 Å². The molecule has 1 unspecified atom stereocenters. The van der Waals surface area contributed by atoms with E-state index in [0.29, 0.717) is 0 Å². The predicted octanol–water partition coefficient (Wildman–Crippen LogP) is 3.15. The number of hydrogen-bond acceptors (Lipinski definition) is 5. The van der Waals surface area contributed by atoms with Gasteiger partial charge in [0, 0.05) is 44.7 Å². The standard InChI is InChI=1S/C26H28N4O5/c1-29(14-17-13-27-30(2)15-17)25(33)23(11-12-24(31)32)28-26(34)35-16-22-20-9-5-3-7-18(20)19-8-4-6-10-21(19)22/h3-10,13,15,22-23H,11-12,14,16H2,1-2H3,(H,28,34)(H,31,32). The number of aryl methyl sites for hydroxylation is 1. The van der Waals surface area contributed by atoms with Gasteiger partial charge in [-0.2, -0.15) is 5.10 Å². The number of ether oxygens (including phenoxy) is 1. The van der Waals surface area contributed by atoms with Crippen LogP contribution in [-0.4, -0.2) is 57.5 Å². The average molecular weight is 477 g/mol. The number of carboxylic acids is 1. The van der Waals surface area contributed by atoms with Gasteiger partial charge in [-0.1, -0.05) is 48.5 Å². The van der Waals surface area contributed by atoms with Crippen LogP contribution in [0.2, 0.25) is 0 Å². The predicted molar refractivity (Wildman–Crippen MR) is 129 cm³/mol. The number of aliphatic carboxylic acids is 1. The van der Waals surface area contributed by atoms with Crippen molar-refractivity contribution in [3.05, 3.63) is 77.6 Å². The van der Waals surface area contributed by atoms with Crippen LogP contribution in [0, 0.1) is 0 Å². The highest BCUT2D eigenvalue weighted by Crippen LogP contribution is 2.44. The number of likely N-dealkylation sites (N-methyl/N-ethyl adjacent to an activating group) is 1. The molecule has 1 aliphatic rings. The highest BCUT2D eigenvalue weighted by molar-refractivity contribution is 5.86. The third-order valence-corrected chi connectivity index (χ3v) is 6.14. The second-order valence-corrected chi connectivity index (χ2v) is 8.67. The van der Waals surface area contributed by atoms with E-state index in [1.54, 1.807) is 31.2 Å². The molecule has 0 saturated carbocycles. The summed E-state index contributed by atoms with van der Waals surface area (Å²) in [5.41, 5.74) is 5.21. The third kappa shape index (κ3) is 5.51. The molecule has 9 nitrogen and oxygen atoms in total. The molecule has 9 heteroatoms. The van der Waals surface area contributed by atoms with Crippen LogP contribution < -0.4 is 5.32 Å². The number of benzene rings is 2. The number of nitrogens with one attached hydrogen (secondary N) is 1. The van der Waals surface area contributed by atoms with E-state index in [0.717, 1.165) is 27.8 Å². The van der Waals surface area contributed by atoms with E-state index in [-0.39, 0.29) is 31.9 Å². The van der Waals surface area contributed by atoms with Gasteiger partial charge in [-0.25, -0.2) is 4.79 Å². The van der Waals surface area contributed by atoms with E-state index in [9.17, 15) is 14.4 Å². The van der Waals surface area contributed by atoms with Gasteiger partial charge in [-0.3, -0.25) is 14.3 Å². The van der Waals surface area contributed by atoms with Crippen molar-refractivity contribution in [2.45, 2.75) is 31.3 Å². The lowest BCUT2D eigenvalue weighted by Crippen LogP contribution is -2.47. The van der Waals surface area contributed by atoms with E-state index in [2.05, 4.69) is 10.4 Å². The number of amides is 2. The Bertz CT molecular complexity index is 1190. The molecule has 0 fully saturated rings. The van der Waals surface area contributed by atoms with E-state index in [1.807, 2.05) is 48.5 Å². The minimum atomic E-state index is -1.05. The maximum absolute atomic E-state index is 13.0. The summed E-state index contributed by atoms with van der Waals surface area (Å²) in [6, 6.07) is 15.0. The van der Waals surface area contributed by atoms with Gasteiger partial charge in [-0.15, -0.1) is 0 Å². The van der Waals surface area contributed by atoms with Gasteiger partial charge in [-0.05, 0) is 28.7 Å². The summed E-state index contributed by atoms with van der Waals surface area (Å²) in [4.78, 5) is 38.3. The Kier molecular flexibility index (Phi) is 7.14. The molecule has 35 heavy (non-hydrogen) atoms. The minimum absolute atomic E-state index is 0.0459. The van der Waals surface area contributed by atoms with Gasteiger partial charge in [0.15, 0.2) is 0 Å². The lowest BCUT2D eigenvalue weighted by Gasteiger charge is -2.24. The number of rotatable bonds is 9. The molecule has 2 amide bonds. The van der Waals surface area contributed by atoms with Gasteiger partial charge in [0.05, 0.1) is 6.20 Å². The second-order valence-electron chi connectivity index (χ2n) is 8.67. The molecular formula is C26H28N4O5. The lowest BCUT2D eigenvalue weighted by molar-refractivity contribution is -0.138. The Balaban J connectivity index is 1.41. The molecule has 2 N–H and O–H groups in total. The molecule has 2 aromatic carbocycles. The molecular weight excluding hydrogens is 448 g/mol. The van der Waals surface area contributed by atoms with E-state index >= 15 is 0 Å². The summed E-state index contributed by atoms with van der Waals surface area (Å²) >= 11 is 0. The first-order valence-electron chi connectivity index (χ1n) is 11.4. The van der Waals surface area contributed by atoms with Crippen molar-refractivity contribution in [1.29, 1.82) is 0 Å². The molecule has 1 atom stereocenters. The largest absolute Gasteiger partial charge is 0.481 e. The summed E-state index contributed by atoms with van der Waals surface area (Å²) in [6.07, 6.45) is 2.37. The SMILES string of the molecule is CN(Cc1cnn(C)c1)C(=O)C(CCC(=O)O)NC(=O)OCC1c2ccccc2-c2ccccc21. The Hall–Kier alpha value is -4.14. The van der Waals surface area contributed by atoms with Crippen LogP contribution in [0.15, 0.2) is 60.9 Å². The number of carbonyl (C=O) groups is 3. The average Bonchev–Trinajstić information content (AvgIpc) is 3.40. The fourth-order valence-electron chi connectivity index (χ4n) is 4.48. The number of fused-ring (bicyclic) bond motifs is 3. The first kappa shape index (κ1) is 24.0. The van der Waals surface area contributed by atoms with Crippen molar-refractivity contribution in [1.82, 2.24) is 20.0 Å². The minimum Gasteiger partial charge on any atom is -0.481 e. The number of nitrogens with zero attached hydrogens (tertiary/aromatic N) is 3. The summed E-state index contributed by atoms with van der Waals surface area (Å²) in [7, 11) is 3.38. The van der Waals surface area contributed by atoms with E-state index in [4.69, 9.17) is 9.84 Å². The molecule has 0 bridgehead atoms. The molecule has 4 rings (SSSR count). The monoisotopic (exact) mass is 476 g/mol. The third-order valence-electron chi connectivity index (χ3n) is 6.14. The van der Waals surface area contributed by atoms with Crippen molar-refractivity contribution in [2.75, 3.05) is 13.7 Å². The van der Waals surface area contributed by atoms with Gasteiger partial charge in [0.1, 0.15) is 12.6 Å². The van der Waals surface area contributed by atoms with E-state index in [1.165, 1.54) is 4.90 Å². The van der Waals surface area contributed by atoms with Crippen LogP contribution in [-0.2, 0) is 27.9 Å². The van der Waals surface area contributed by atoms with Crippen molar-refractivity contribution in [3.63, 3.8) is 0 Å². The van der Waals surface area contributed by atoms with E-state index < -0.39 is 24.0 Å².